The largest absolute Gasteiger partial charge is 0.272 e. The number of para-hydroxylation sites is 1. The van der Waals surface area contributed by atoms with Crippen LogP contribution in [0.5, 0.6) is 0 Å². The van der Waals surface area contributed by atoms with Crippen LogP contribution in [0.4, 0.5) is 5.69 Å². The molecule has 6 heteroatoms. The molecule has 0 bridgehead atoms. The number of sulfonamides is 1. The highest BCUT2D eigenvalue weighted by Crippen LogP contribution is 2.43. The Morgan fingerprint density at radius 2 is 1.59 bits per heavy atom. The molecule has 1 amide bonds. The van der Waals surface area contributed by atoms with Crippen molar-refractivity contribution in [3.8, 4) is 0 Å². The third-order valence-electron chi connectivity index (χ3n) is 3.71. The molecule has 0 aromatic heterocycles. The maximum Gasteiger partial charge on any atom is 0.254 e. The molecule has 1 aliphatic rings. The first-order valence-corrected chi connectivity index (χ1v) is 9.83. The number of amides is 1. The second kappa shape index (κ2) is 5.66. The smallest absolute Gasteiger partial charge is 0.254 e. The standard InChI is InChI=1S/C16H14INO3S/c1-22(20,21)18-13-10-6-5-9-12(13)14(15(17)16(18)19)11-7-3-2-4-8-11/h2-10,14-15H,1H3/t14-,15+/m1/s1. The van der Waals surface area contributed by atoms with E-state index in [-0.39, 0.29) is 5.92 Å². The first-order chi connectivity index (χ1) is 10.4. The minimum absolute atomic E-state index is 0.150. The molecule has 2 aromatic rings. The Hall–Kier alpha value is -1.41. The average Bonchev–Trinajstić information content (AvgIpc) is 2.48. The number of fused-ring (bicyclic) bond motifs is 1. The molecule has 0 aliphatic carbocycles. The van der Waals surface area contributed by atoms with Crippen LogP contribution >= 0.6 is 22.6 Å². The molecular formula is C16H14INO3S. The van der Waals surface area contributed by atoms with Gasteiger partial charge in [0.2, 0.25) is 10.0 Å². The Balaban J connectivity index is 2.25. The molecule has 1 heterocycles. The van der Waals surface area contributed by atoms with E-state index in [4.69, 9.17) is 0 Å². The number of halogens is 1. The van der Waals surface area contributed by atoms with E-state index in [9.17, 15) is 13.2 Å². The summed E-state index contributed by atoms with van der Waals surface area (Å²) in [5.41, 5.74) is 2.32. The number of hydrogen-bond acceptors (Lipinski definition) is 3. The molecule has 0 fully saturated rings. The van der Waals surface area contributed by atoms with Gasteiger partial charge in [-0.2, -0.15) is 0 Å². The van der Waals surface area contributed by atoms with Gasteiger partial charge in [0.15, 0.2) is 0 Å². The monoisotopic (exact) mass is 427 g/mol. The lowest BCUT2D eigenvalue weighted by molar-refractivity contribution is -0.117. The van der Waals surface area contributed by atoms with Gasteiger partial charge in [-0.25, -0.2) is 12.7 Å². The predicted octanol–water partition coefficient (Wildman–Crippen LogP) is 2.93. The number of nitrogens with zero attached hydrogens (tertiary/aromatic N) is 1. The summed E-state index contributed by atoms with van der Waals surface area (Å²) in [5, 5.41) is 0. The first kappa shape index (κ1) is 15.5. The number of anilines is 1. The van der Waals surface area contributed by atoms with Crippen LogP contribution in [-0.2, 0) is 14.8 Å². The van der Waals surface area contributed by atoms with Crippen molar-refractivity contribution in [1.29, 1.82) is 0 Å². The summed E-state index contributed by atoms with van der Waals surface area (Å²) in [6, 6.07) is 16.9. The van der Waals surface area contributed by atoms with Gasteiger partial charge in [0.05, 0.1) is 11.9 Å². The number of carbonyl (C=O) groups is 1. The second-order valence-corrected chi connectivity index (χ2v) is 8.39. The van der Waals surface area contributed by atoms with Crippen LogP contribution in [0.25, 0.3) is 0 Å². The highest BCUT2D eigenvalue weighted by molar-refractivity contribution is 14.1. The van der Waals surface area contributed by atoms with E-state index >= 15 is 0 Å². The summed E-state index contributed by atoms with van der Waals surface area (Å²) < 4.78 is 24.6. The van der Waals surface area contributed by atoms with E-state index < -0.39 is 19.9 Å². The topological polar surface area (TPSA) is 54.5 Å². The van der Waals surface area contributed by atoms with Crippen molar-refractivity contribution >= 4 is 44.2 Å². The third-order valence-corrected chi connectivity index (χ3v) is 6.00. The van der Waals surface area contributed by atoms with Gasteiger partial charge in [0.1, 0.15) is 3.92 Å². The molecule has 1 aliphatic heterocycles. The second-order valence-electron chi connectivity index (χ2n) is 5.21. The zero-order chi connectivity index (χ0) is 15.9. The summed E-state index contributed by atoms with van der Waals surface area (Å²) in [4.78, 5) is 12.7. The van der Waals surface area contributed by atoms with Crippen LogP contribution in [0.15, 0.2) is 54.6 Å². The third kappa shape index (κ3) is 2.54. The molecule has 0 unspecified atom stereocenters. The molecule has 0 N–H and O–H groups in total. The number of hydrogen-bond donors (Lipinski definition) is 0. The summed E-state index contributed by atoms with van der Waals surface area (Å²) in [6.07, 6.45) is 1.06. The molecule has 3 rings (SSSR count). The van der Waals surface area contributed by atoms with E-state index in [0.717, 1.165) is 21.7 Å². The normalized spacial score (nSPS) is 21.5. The van der Waals surface area contributed by atoms with Crippen molar-refractivity contribution in [2.75, 3.05) is 10.6 Å². The van der Waals surface area contributed by atoms with Gasteiger partial charge in [-0.15, -0.1) is 0 Å². The molecule has 0 radical (unpaired) electrons. The van der Waals surface area contributed by atoms with Gasteiger partial charge in [0.25, 0.3) is 5.91 Å². The van der Waals surface area contributed by atoms with Crippen LogP contribution in [0.2, 0.25) is 0 Å². The van der Waals surface area contributed by atoms with Gasteiger partial charge in [-0.1, -0.05) is 71.1 Å². The molecule has 22 heavy (non-hydrogen) atoms. The quantitative estimate of drug-likeness (QED) is 0.547. The summed E-state index contributed by atoms with van der Waals surface area (Å²) in [7, 11) is -3.65. The van der Waals surface area contributed by atoms with Gasteiger partial charge in [-0.05, 0) is 17.2 Å². The van der Waals surface area contributed by atoms with Crippen molar-refractivity contribution in [1.82, 2.24) is 0 Å². The Morgan fingerprint density at radius 1 is 1.00 bits per heavy atom. The lowest BCUT2D eigenvalue weighted by Gasteiger charge is -2.36. The number of benzene rings is 2. The molecule has 4 nitrogen and oxygen atoms in total. The van der Waals surface area contributed by atoms with Crippen molar-refractivity contribution in [2.45, 2.75) is 9.84 Å². The SMILES string of the molecule is CS(=O)(=O)N1C(=O)[C@@H](I)[C@H](c2ccccc2)c2ccccc21. The Kier molecular flexibility index (Phi) is 3.98. The zero-order valence-electron chi connectivity index (χ0n) is 11.8. The Bertz CT molecular complexity index is 820. The highest BCUT2D eigenvalue weighted by Gasteiger charge is 2.43. The van der Waals surface area contributed by atoms with E-state index in [0.29, 0.717) is 5.69 Å². The van der Waals surface area contributed by atoms with Crippen molar-refractivity contribution < 1.29 is 13.2 Å². The average molecular weight is 427 g/mol. The fourth-order valence-corrected chi connectivity index (χ4v) is 5.05. The van der Waals surface area contributed by atoms with Crippen molar-refractivity contribution in [3.63, 3.8) is 0 Å². The van der Waals surface area contributed by atoms with E-state index in [1.165, 1.54) is 0 Å². The molecule has 2 atom stereocenters. The molecule has 0 spiro atoms. The van der Waals surface area contributed by atoms with Crippen LogP contribution < -0.4 is 4.31 Å². The van der Waals surface area contributed by atoms with Gasteiger partial charge in [-0.3, -0.25) is 4.79 Å². The van der Waals surface area contributed by atoms with Crippen LogP contribution in [0, 0.1) is 0 Å². The van der Waals surface area contributed by atoms with Crippen LogP contribution in [0.1, 0.15) is 17.0 Å². The molecule has 114 valence electrons. The van der Waals surface area contributed by atoms with Gasteiger partial charge in [0, 0.05) is 5.92 Å². The predicted molar refractivity (Wildman–Crippen MR) is 94.9 cm³/mol. The lowest BCUT2D eigenvalue weighted by atomic mass is 9.85. The molecular weight excluding hydrogens is 413 g/mol. The Labute approximate surface area is 143 Å². The number of rotatable bonds is 2. The number of alkyl halides is 1. The summed E-state index contributed by atoms with van der Waals surface area (Å²) in [6.45, 7) is 0. The number of carbonyl (C=O) groups excluding carboxylic acids is 1. The van der Waals surface area contributed by atoms with E-state index in [2.05, 4.69) is 0 Å². The maximum atomic E-state index is 12.7. The molecule has 0 saturated carbocycles. The minimum Gasteiger partial charge on any atom is -0.272 e. The lowest BCUT2D eigenvalue weighted by Crippen LogP contribution is -2.47. The summed E-state index contributed by atoms with van der Waals surface area (Å²) in [5.74, 6) is -0.542. The zero-order valence-corrected chi connectivity index (χ0v) is 14.8. The Morgan fingerprint density at radius 3 is 2.23 bits per heavy atom. The fourth-order valence-electron chi connectivity index (χ4n) is 2.82. The van der Waals surface area contributed by atoms with E-state index in [1.54, 1.807) is 12.1 Å². The molecule has 2 aromatic carbocycles. The van der Waals surface area contributed by atoms with Crippen molar-refractivity contribution in [2.24, 2.45) is 0 Å². The minimum atomic E-state index is -3.65. The first-order valence-electron chi connectivity index (χ1n) is 6.73. The summed E-state index contributed by atoms with van der Waals surface area (Å²) >= 11 is 2.04. The van der Waals surface area contributed by atoms with Gasteiger partial charge >= 0.3 is 0 Å². The molecule has 0 saturated heterocycles. The van der Waals surface area contributed by atoms with Crippen LogP contribution in [0.3, 0.4) is 0 Å². The van der Waals surface area contributed by atoms with Crippen LogP contribution in [-0.4, -0.2) is 24.5 Å². The van der Waals surface area contributed by atoms with E-state index in [1.807, 2.05) is 65.1 Å². The highest BCUT2D eigenvalue weighted by atomic mass is 127. The fraction of sp³-hybridized carbons (Fsp3) is 0.188. The van der Waals surface area contributed by atoms with Gasteiger partial charge < -0.3 is 0 Å². The maximum absolute atomic E-state index is 12.7. The van der Waals surface area contributed by atoms with Crippen molar-refractivity contribution in [3.05, 3.63) is 65.7 Å².